The van der Waals surface area contributed by atoms with Gasteiger partial charge < -0.3 is 15.7 Å². The Morgan fingerprint density at radius 1 is 1.14 bits per heavy atom. The van der Waals surface area contributed by atoms with Crippen LogP contribution in [0.4, 0.5) is 11.4 Å². The van der Waals surface area contributed by atoms with Gasteiger partial charge in [0.1, 0.15) is 0 Å². The number of rotatable bonds is 4. The lowest BCUT2D eigenvalue weighted by Gasteiger charge is -2.23. The fourth-order valence-corrected chi connectivity index (χ4v) is 2.25. The molecule has 2 aromatic rings. The summed E-state index contributed by atoms with van der Waals surface area (Å²) >= 11 is 11.8. The van der Waals surface area contributed by atoms with E-state index in [4.69, 9.17) is 28.9 Å². The second-order valence-electron chi connectivity index (χ2n) is 4.37. The molecule has 0 unspecified atom stereocenters. The Bertz CT molecular complexity index is 662. The van der Waals surface area contributed by atoms with Gasteiger partial charge in [0.05, 0.1) is 28.0 Å². The van der Waals surface area contributed by atoms with Gasteiger partial charge >= 0.3 is 0 Å². The molecule has 0 aliphatic heterocycles. The first-order valence-electron chi connectivity index (χ1n) is 6.27. The van der Waals surface area contributed by atoms with Gasteiger partial charge in [-0.25, -0.2) is 0 Å². The molecule has 0 atom stereocenters. The molecule has 0 aliphatic carbocycles. The topological polar surface area (TPSA) is 66.6 Å². The summed E-state index contributed by atoms with van der Waals surface area (Å²) in [6, 6.07) is 11.6. The first-order valence-corrected chi connectivity index (χ1v) is 7.02. The lowest BCUT2D eigenvalue weighted by molar-refractivity contribution is 0.0981. The third kappa shape index (κ3) is 3.47. The molecule has 2 aromatic carbocycles. The Hall–Kier alpha value is -1.75. The number of hydrogen-bond donors (Lipinski definition) is 2. The molecule has 0 spiro atoms. The maximum Gasteiger partial charge on any atom is 0.258 e. The largest absolute Gasteiger partial charge is 0.397 e. The fraction of sp³-hybridized carbons (Fsp3) is 0.133. The van der Waals surface area contributed by atoms with E-state index in [-0.39, 0.29) is 19.1 Å². The van der Waals surface area contributed by atoms with Crippen LogP contribution in [-0.2, 0) is 0 Å². The molecule has 0 radical (unpaired) electrons. The van der Waals surface area contributed by atoms with Gasteiger partial charge in [0, 0.05) is 12.1 Å². The average Bonchev–Trinajstić information content (AvgIpc) is 2.48. The standard InChI is InChI=1S/C15H14Cl2N2O2/c16-11-6-5-10(9-12(11)17)15(21)19(7-8-20)14-4-2-1-3-13(14)18/h1-6,9,20H,7-8,18H2. The van der Waals surface area contributed by atoms with Crippen LogP contribution >= 0.6 is 23.2 Å². The number of hydrogen-bond acceptors (Lipinski definition) is 3. The highest BCUT2D eigenvalue weighted by Crippen LogP contribution is 2.27. The van der Waals surface area contributed by atoms with Crippen LogP contribution in [0.1, 0.15) is 10.4 Å². The third-order valence-electron chi connectivity index (χ3n) is 2.96. The Kier molecular flexibility index (Phi) is 5.07. The number of amides is 1. The van der Waals surface area contributed by atoms with Crippen molar-refractivity contribution >= 4 is 40.5 Å². The Labute approximate surface area is 132 Å². The van der Waals surface area contributed by atoms with Crippen LogP contribution in [0.25, 0.3) is 0 Å². The number of aliphatic hydroxyl groups is 1. The highest BCUT2D eigenvalue weighted by Gasteiger charge is 2.19. The van der Waals surface area contributed by atoms with E-state index in [0.717, 1.165) is 0 Å². The van der Waals surface area contributed by atoms with Crippen molar-refractivity contribution in [3.8, 4) is 0 Å². The zero-order valence-corrected chi connectivity index (χ0v) is 12.6. The SMILES string of the molecule is Nc1ccccc1N(CCO)C(=O)c1ccc(Cl)c(Cl)c1. The number of para-hydroxylation sites is 2. The molecule has 1 amide bonds. The Balaban J connectivity index is 2.40. The summed E-state index contributed by atoms with van der Waals surface area (Å²) in [6.07, 6.45) is 0. The summed E-state index contributed by atoms with van der Waals surface area (Å²) in [5.41, 5.74) is 7.28. The monoisotopic (exact) mass is 324 g/mol. The van der Waals surface area contributed by atoms with E-state index >= 15 is 0 Å². The smallest absolute Gasteiger partial charge is 0.258 e. The molecule has 0 fully saturated rings. The van der Waals surface area contributed by atoms with E-state index in [1.54, 1.807) is 36.4 Å². The fourth-order valence-electron chi connectivity index (χ4n) is 1.95. The van der Waals surface area contributed by atoms with Crippen LogP contribution in [0.2, 0.25) is 10.0 Å². The Morgan fingerprint density at radius 2 is 1.86 bits per heavy atom. The number of carbonyl (C=O) groups excluding carboxylic acids is 1. The maximum absolute atomic E-state index is 12.6. The summed E-state index contributed by atoms with van der Waals surface area (Å²) in [5.74, 6) is -0.305. The minimum absolute atomic E-state index is 0.132. The summed E-state index contributed by atoms with van der Waals surface area (Å²) in [6.45, 7) is -0.0469. The molecule has 21 heavy (non-hydrogen) atoms. The first-order chi connectivity index (χ1) is 10.0. The third-order valence-corrected chi connectivity index (χ3v) is 3.70. The van der Waals surface area contributed by atoms with Crippen molar-refractivity contribution in [1.82, 2.24) is 0 Å². The molecule has 0 aliphatic rings. The number of nitrogens with zero attached hydrogens (tertiary/aromatic N) is 1. The van der Waals surface area contributed by atoms with E-state index in [9.17, 15) is 9.90 Å². The van der Waals surface area contributed by atoms with E-state index in [1.165, 1.54) is 11.0 Å². The summed E-state index contributed by atoms with van der Waals surface area (Å²) in [5, 5.41) is 9.88. The van der Waals surface area contributed by atoms with E-state index in [1.807, 2.05) is 0 Å². The number of anilines is 2. The van der Waals surface area contributed by atoms with Crippen molar-refractivity contribution in [1.29, 1.82) is 0 Å². The maximum atomic E-state index is 12.6. The Morgan fingerprint density at radius 3 is 2.48 bits per heavy atom. The molecule has 4 nitrogen and oxygen atoms in total. The van der Waals surface area contributed by atoms with Crippen LogP contribution in [0.15, 0.2) is 42.5 Å². The molecule has 0 saturated carbocycles. The van der Waals surface area contributed by atoms with Gasteiger partial charge in [-0.2, -0.15) is 0 Å². The summed E-state index contributed by atoms with van der Waals surface area (Å²) < 4.78 is 0. The quantitative estimate of drug-likeness (QED) is 0.848. The van der Waals surface area contributed by atoms with Crippen LogP contribution in [-0.4, -0.2) is 24.2 Å². The first kappa shape index (κ1) is 15.6. The van der Waals surface area contributed by atoms with Gasteiger partial charge in [-0.05, 0) is 30.3 Å². The predicted molar refractivity (Wildman–Crippen MR) is 86.1 cm³/mol. The lowest BCUT2D eigenvalue weighted by Crippen LogP contribution is -2.34. The van der Waals surface area contributed by atoms with Gasteiger partial charge in [0.2, 0.25) is 0 Å². The molecule has 6 heteroatoms. The van der Waals surface area contributed by atoms with Crippen molar-refractivity contribution < 1.29 is 9.90 Å². The van der Waals surface area contributed by atoms with E-state index in [0.29, 0.717) is 27.0 Å². The number of nitrogen functional groups attached to an aromatic ring is 1. The highest BCUT2D eigenvalue weighted by molar-refractivity contribution is 6.42. The number of carbonyl (C=O) groups is 1. The van der Waals surface area contributed by atoms with Gasteiger partial charge in [0.25, 0.3) is 5.91 Å². The van der Waals surface area contributed by atoms with Gasteiger partial charge in [-0.15, -0.1) is 0 Å². The normalized spacial score (nSPS) is 10.4. The number of aliphatic hydroxyl groups excluding tert-OH is 1. The van der Waals surface area contributed by atoms with E-state index in [2.05, 4.69) is 0 Å². The lowest BCUT2D eigenvalue weighted by atomic mass is 10.1. The molecule has 110 valence electrons. The molecule has 0 heterocycles. The predicted octanol–water partition coefficient (Wildman–Crippen LogP) is 3.21. The molecular weight excluding hydrogens is 311 g/mol. The van der Waals surface area contributed by atoms with Crippen molar-refractivity contribution in [3.05, 3.63) is 58.1 Å². The molecule has 0 saturated heterocycles. The number of nitrogens with two attached hydrogens (primary N) is 1. The molecule has 2 rings (SSSR count). The zero-order valence-electron chi connectivity index (χ0n) is 11.1. The van der Waals surface area contributed by atoms with Crippen molar-refractivity contribution in [2.45, 2.75) is 0 Å². The minimum atomic E-state index is -0.305. The van der Waals surface area contributed by atoms with Crippen LogP contribution in [0.5, 0.6) is 0 Å². The molecule has 3 N–H and O–H groups in total. The van der Waals surface area contributed by atoms with Gasteiger partial charge in [-0.3, -0.25) is 4.79 Å². The second kappa shape index (κ2) is 6.80. The molecule has 0 aromatic heterocycles. The number of benzene rings is 2. The van der Waals surface area contributed by atoms with Crippen LogP contribution in [0.3, 0.4) is 0 Å². The minimum Gasteiger partial charge on any atom is -0.397 e. The summed E-state index contributed by atoms with van der Waals surface area (Å²) in [7, 11) is 0. The highest BCUT2D eigenvalue weighted by atomic mass is 35.5. The van der Waals surface area contributed by atoms with Crippen molar-refractivity contribution in [3.63, 3.8) is 0 Å². The van der Waals surface area contributed by atoms with Crippen LogP contribution < -0.4 is 10.6 Å². The van der Waals surface area contributed by atoms with Crippen molar-refractivity contribution in [2.24, 2.45) is 0 Å². The number of halogens is 2. The summed E-state index contributed by atoms with van der Waals surface area (Å²) in [4.78, 5) is 14.0. The molecule has 0 bridgehead atoms. The second-order valence-corrected chi connectivity index (χ2v) is 5.18. The zero-order chi connectivity index (χ0) is 15.4. The van der Waals surface area contributed by atoms with Crippen LogP contribution in [0, 0.1) is 0 Å². The van der Waals surface area contributed by atoms with Gasteiger partial charge in [-0.1, -0.05) is 35.3 Å². The average molecular weight is 325 g/mol. The van der Waals surface area contributed by atoms with E-state index < -0.39 is 0 Å². The van der Waals surface area contributed by atoms with Gasteiger partial charge in [0.15, 0.2) is 0 Å². The van der Waals surface area contributed by atoms with Crippen molar-refractivity contribution in [2.75, 3.05) is 23.8 Å². The molecular formula is C15H14Cl2N2O2.